The number of carbonyl (C=O) groups is 1. The molecule has 0 aliphatic carbocycles. The van der Waals surface area contributed by atoms with E-state index in [9.17, 15) is 4.79 Å². The molecule has 0 radical (unpaired) electrons. The standard InChI is InChI=1S/C13H19NO2S/c1-4-10(8-15)14-13(16)12-7-11(17-3)6-5-9(12)2/h5-7,10,15H,4,8H2,1-3H3,(H,14,16)/t10-/m1/s1. The van der Waals surface area contributed by atoms with Crippen LogP contribution in [0.1, 0.15) is 29.3 Å². The second-order valence-corrected chi connectivity index (χ2v) is 4.82. The van der Waals surface area contributed by atoms with Crippen LogP contribution in [0.4, 0.5) is 0 Å². The molecular formula is C13H19NO2S. The Morgan fingerprint density at radius 3 is 2.76 bits per heavy atom. The summed E-state index contributed by atoms with van der Waals surface area (Å²) in [6.07, 6.45) is 2.71. The van der Waals surface area contributed by atoms with Crippen molar-refractivity contribution in [1.82, 2.24) is 5.32 Å². The molecule has 1 rings (SSSR count). The van der Waals surface area contributed by atoms with E-state index in [0.717, 1.165) is 16.9 Å². The molecule has 0 unspecified atom stereocenters. The molecule has 0 aromatic heterocycles. The van der Waals surface area contributed by atoms with Crippen LogP contribution in [0, 0.1) is 6.92 Å². The maximum Gasteiger partial charge on any atom is 0.251 e. The van der Waals surface area contributed by atoms with Gasteiger partial charge in [0.15, 0.2) is 0 Å². The monoisotopic (exact) mass is 253 g/mol. The second kappa shape index (κ2) is 6.67. The van der Waals surface area contributed by atoms with Gasteiger partial charge in [0.2, 0.25) is 0 Å². The Kier molecular flexibility index (Phi) is 5.51. The van der Waals surface area contributed by atoms with E-state index in [1.54, 1.807) is 11.8 Å². The fourth-order valence-electron chi connectivity index (χ4n) is 1.51. The van der Waals surface area contributed by atoms with E-state index in [1.165, 1.54) is 0 Å². The molecule has 0 aliphatic heterocycles. The van der Waals surface area contributed by atoms with E-state index in [2.05, 4.69) is 5.32 Å². The van der Waals surface area contributed by atoms with Gasteiger partial charge >= 0.3 is 0 Å². The highest BCUT2D eigenvalue weighted by molar-refractivity contribution is 7.98. The van der Waals surface area contributed by atoms with Crippen LogP contribution in [0.3, 0.4) is 0 Å². The lowest BCUT2D eigenvalue weighted by molar-refractivity contribution is 0.0914. The van der Waals surface area contributed by atoms with Crippen LogP contribution < -0.4 is 5.32 Å². The molecule has 4 heteroatoms. The van der Waals surface area contributed by atoms with E-state index < -0.39 is 0 Å². The van der Waals surface area contributed by atoms with Gasteiger partial charge in [-0.05, 0) is 37.3 Å². The molecule has 2 N–H and O–H groups in total. The lowest BCUT2D eigenvalue weighted by Gasteiger charge is -2.15. The Bertz CT molecular complexity index is 389. The number of hydrogen-bond acceptors (Lipinski definition) is 3. The minimum Gasteiger partial charge on any atom is -0.394 e. The van der Waals surface area contributed by atoms with Crippen molar-refractivity contribution in [2.24, 2.45) is 0 Å². The molecule has 0 fully saturated rings. The summed E-state index contributed by atoms with van der Waals surface area (Å²) >= 11 is 1.61. The van der Waals surface area contributed by atoms with Gasteiger partial charge in [0, 0.05) is 10.5 Å². The summed E-state index contributed by atoms with van der Waals surface area (Å²) in [6, 6.07) is 5.67. The highest BCUT2D eigenvalue weighted by Gasteiger charge is 2.13. The van der Waals surface area contributed by atoms with Gasteiger partial charge in [0.05, 0.1) is 12.6 Å². The third kappa shape index (κ3) is 3.75. The van der Waals surface area contributed by atoms with Gasteiger partial charge in [-0.25, -0.2) is 0 Å². The number of aliphatic hydroxyl groups excluding tert-OH is 1. The number of hydrogen-bond donors (Lipinski definition) is 2. The quantitative estimate of drug-likeness (QED) is 0.791. The second-order valence-electron chi connectivity index (χ2n) is 3.94. The number of carbonyl (C=O) groups excluding carboxylic acids is 1. The highest BCUT2D eigenvalue weighted by atomic mass is 32.2. The Hall–Kier alpha value is -1.00. The van der Waals surface area contributed by atoms with Crippen LogP contribution in [0.15, 0.2) is 23.1 Å². The fraction of sp³-hybridized carbons (Fsp3) is 0.462. The van der Waals surface area contributed by atoms with E-state index in [1.807, 2.05) is 38.3 Å². The van der Waals surface area contributed by atoms with Gasteiger partial charge in [0.25, 0.3) is 5.91 Å². The van der Waals surface area contributed by atoms with E-state index >= 15 is 0 Å². The Morgan fingerprint density at radius 2 is 2.24 bits per heavy atom. The van der Waals surface area contributed by atoms with Crippen molar-refractivity contribution in [3.05, 3.63) is 29.3 Å². The van der Waals surface area contributed by atoms with E-state index in [0.29, 0.717) is 5.56 Å². The summed E-state index contributed by atoms with van der Waals surface area (Å²) in [5, 5.41) is 11.9. The summed E-state index contributed by atoms with van der Waals surface area (Å²) in [7, 11) is 0. The molecule has 0 saturated heterocycles. The van der Waals surface area contributed by atoms with Crippen LogP contribution in [0.25, 0.3) is 0 Å². The number of rotatable bonds is 5. The molecule has 1 aromatic carbocycles. The first kappa shape index (κ1) is 14.1. The van der Waals surface area contributed by atoms with Gasteiger partial charge in [0.1, 0.15) is 0 Å². The van der Waals surface area contributed by atoms with Gasteiger partial charge in [-0.3, -0.25) is 4.79 Å². The summed E-state index contributed by atoms with van der Waals surface area (Å²) < 4.78 is 0. The van der Waals surface area contributed by atoms with Crippen LogP contribution in [0.5, 0.6) is 0 Å². The van der Waals surface area contributed by atoms with Crippen molar-refractivity contribution in [2.75, 3.05) is 12.9 Å². The molecule has 0 spiro atoms. The number of aryl methyl sites for hydroxylation is 1. The zero-order chi connectivity index (χ0) is 12.8. The molecule has 17 heavy (non-hydrogen) atoms. The van der Waals surface area contributed by atoms with Crippen LogP contribution in [-0.4, -0.2) is 29.9 Å². The third-order valence-electron chi connectivity index (χ3n) is 2.74. The van der Waals surface area contributed by atoms with Crippen molar-refractivity contribution in [1.29, 1.82) is 0 Å². The minimum atomic E-state index is -0.167. The summed E-state index contributed by atoms with van der Waals surface area (Å²) in [6.45, 7) is 3.83. The van der Waals surface area contributed by atoms with Crippen molar-refractivity contribution in [3.8, 4) is 0 Å². The van der Waals surface area contributed by atoms with E-state index in [-0.39, 0.29) is 18.6 Å². The number of benzene rings is 1. The predicted octanol–water partition coefficient (Wildman–Crippen LogP) is 2.22. The zero-order valence-corrected chi connectivity index (χ0v) is 11.3. The molecule has 0 bridgehead atoms. The lowest BCUT2D eigenvalue weighted by atomic mass is 10.1. The Morgan fingerprint density at radius 1 is 1.53 bits per heavy atom. The lowest BCUT2D eigenvalue weighted by Crippen LogP contribution is -2.37. The number of aliphatic hydroxyl groups is 1. The molecule has 1 aromatic rings. The molecule has 0 heterocycles. The Balaban J connectivity index is 2.87. The van der Waals surface area contributed by atoms with Crippen molar-refractivity contribution >= 4 is 17.7 Å². The number of amides is 1. The van der Waals surface area contributed by atoms with Crippen molar-refractivity contribution in [2.45, 2.75) is 31.2 Å². The minimum absolute atomic E-state index is 0.0243. The first-order valence-electron chi connectivity index (χ1n) is 5.68. The molecule has 1 amide bonds. The Labute approximate surface area is 107 Å². The van der Waals surface area contributed by atoms with Crippen LogP contribution in [-0.2, 0) is 0 Å². The van der Waals surface area contributed by atoms with Gasteiger partial charge in [-0.2, -0.15) is 0 Å². The average molecular weight is 253 g/mol. The summed E-state index contributed by atoms with van der Waals surface area (Å²) in [4.78, 5) is 13.1. The first-order valence-corrected chi connectivity index (χ1v) is 6.91. The number of thioether (sulfide) groups is 1. The van der Waals surface area contributed by atoms with Crippen molar-refractivity contribution < 1.29 is 9.90 Å². The normalized spacial score (nSPS) is 12.2. The fourth-order valence-corrected chi connectivity index (χ4v) is 1.95. The SMILES string of the molecule is CC[C@H](CO)NC(=O)c1cc(SC)ccc1C. The first-order chi connectivity index (χ1) is 8.12. The maximum atomic E-state index is 12.0. The topological polar surface area (TPSA) is 49.3 Å². The molecule has 0 saturated carbocycles. The molecule has 94 valence electrons. The van der Waals surface area contributed by atoms with Crippen molar-refractivity contribution in [3.63, 3.8) is 0 Å². The van der Waals surface area contributed by atoms with Crippen LogP contribution in [0.2, 0.25) is 0 Å². The largest absolute Gasteiger partial charge is 0.394 e. The summed E-state index contributed by atoms with van der Waals surface area (Å²) in [5.41, 5.74) is 1.64. The highest BCUT2D eigenvalue weighted by Crippen LogP contribution is 2.19. The maximum absolute atomic E-state index is 12.0. The molecule has 3 nitrogen and oxygen atoms in total. The van der Waals surface area contributed by atoms with Gasteiger partial charge < -0.3 is 10.4 Å². The average Bonchev–Trinajstić information content (AvgIpc) is 2.36. The molecule has 1 atom stereocenters. The summed E-state index contributed by atoms with van der Waals surface area (Å²) in [5.74, 6) is -0.112. The van der Waals surface area contributed by atoms with Gasteiger partial charge in [-0.1, -0.05) is 13.0 Å². The predicted molar refractivity (Wildman–Crippen MR) is 71.6 cm³/mol. The zero-order valence-electron chi connectivity index (χ0n) is 10.5. The number of nitrogens with one attached hydrogen (secondary N) is 1. The van der Waals surface area contributed by atoms with Crippen LogP contribution >= 0.6 is 11.8 Å². The smallest absolute Gasteiger partial charge is 0.251 e. The van der Waals surface area contributed by atoms with E-state index in [4.69, 9.17) is 5.11 Å². The van der Waals surface area contributed by atoms with Gasteiger partial charge in [-0.15, -0.1) is 11.8 Å². The molecular weight excluding hydrogens is 234 g/mol. The molecule has 0 aliphatic rings. The third-order valence-corrected chi connectivity index (χ3v) is 3.46.